The van der Waals surface area contributed by atoms with Crippen LogP contribution in [0.15, 0.2) is 16.6 Å². The monoisotopic (exact) mass is 328 g/mol. The Morgan fingerprint density at radius 2 is 2.00 bits per heavy atom. The summed E-state index contributed by atoms with van der Waals surface area (Å²) in [7, 11) is 3.23. The first-order chi connectivity index (χ1) is 8.99. The van der Waals surface area contributed by atoms with Gasteiger partial charge < -0.3 is 14.6 Å². The molecule has 1 unspecified atom stereocenters. The van der Waals surface area contributed by atoms with Crippen molar-refractivity contribution in [3.05, 3.63) is 22.2 Å². The molecule has 0 aromatic heterocycles. The van der Waals surface area contributed by atoms with E-state index < -0.39 is 5.60 Å². The molecule has 19 heavy (non-hydrogen) atoms. The number of rotatable bonds is 5. The molecule has 2 rings (SSSR count). The Bertz CT molecular complexity index is 453. The molecule has 0 heterocycles. The number of benzene rings is 1. The zero-order valence-corrected chi connectivity index (χ0v) is 13.3. The van der Waals surface area contributed by atoms with Gasteiger partial charge in [-0.1, -0.05) is 19.3 Å². The van der Waals surface area contributed by atoms with Crippen LogP contribution in [0.3, 0.4) is 0 Å². The summed E-state index contributed by atoms with van der Waals surface area (Å²) in [6.07, 6.45) is 4.50. The Morgan fingerprint density at radius 3 is 2.47 bits per heavy atom. The van der Waals surface area contributed by atoms with Crippen LogP contribution in [0.25, 0.3) is 0 Å². The molecule has 1 saturated carbocycles. The predicted molar refractivity (Wildman–Crippen MR) is 78.8 cm³/mol. The van der Waals surface area contributed by atoms with Gasteiger partial charge in [0.05, 0.1) is 19.8 Å². The Kier molecular flexibility index (Phi) is 4.41. The van der Waals surface area contributed by atoms with Gasteiger partial charge in [0, 0.05) is 5.56 Å². The first kappa shape index (κ1) is 14.7. The normalized spacial score (nSPS) is 18.6. The summed E-state index contributed by atoms with van der Waals surface area (Å²) in [5, 5.41) is 10.8. The average Bonchev–Trinajstić information content (AvgIpc) is 2.33. The van der Waals surface area contributed by atoms with Crippen molar-refractivity contribution in [3.63, 3.8) is 0 Å². The van der Waals surface area contributed by atoms with Gasteiger partial charge in [0.15, 0.2) is 0 Å². The Labute approximate surface area is 123 Å². The third-order valence-electron chi connectivity index (χ3n) is 3.98. The van der Waals surface area contributed by atoms with E-state index in [-0.39, 0.29) is 0 Å². The minimum Gasteiger partial charge on any atom is -0.495 e. The predicted octanol–water partition coefficient (Wildman–Crippen LogP) is 3.86. The van der Waals surface area contributed by atoms with Crippen LogP contribution in [-0.2, 0) is 5.60 Å². The second-order valence-electron chi connectivity index (χ2n) is 5.44. The number of hydrogen-bond donors (Lipinski definition) is 1. The van der Waals surface area contributed by atoms with E-state index in [1.165, 1.54) is 19.3 Å². The molecule has 1 aliphatic carbocycles. The molecule has 0 spiro atoms. The van der Waals surface area contributed by atoms with Gasteiger partial charge in [-0.25, -0.2) is 0 Å². The lowest BCUT2D eigenvalue weighted by Gasteiger charge is -2.34. The van der Waals surface area contributed by atoms with Gasteiger partial charge in [-0.2, -0.15) is 0 Å². The van der Waals surface area contributed by atoms with Crippen molar-refractivity contribution in [1.82, 2.24) is 0 Å². The topological polar surface area (TPSA) is 38.7 Å². The standard InChI is InChI=1S/C15H21BrO3/c1-15(17,9-10-5-4-6-10)11-7-8-12(18-2)13(16)14(11)19-3/h7-8,10,17H,4-6,9H2,1-3H3. The van der Waals surface area contributed by atoms with E-state index in [2.05, 4.69) is 15.9 Å². The van der Waals surface area contributed by atoms with Gasteiger partial charge in [0.25, 0.3) is 0 Å². The smallest absolute Gasteiger partial charge is 0.142 e. The molecule has 1 aromatic rings. The van der Waals surface area contributed by atoms with E-state index in [9.17, 15) is 5.11 Å². The summed E-state index contributed by atoms with van der Waals surface area (Å²) < 4.78 is 11.5. The molecule has 1 aromatic carbocycles. The fourth-order valence-electron chi connectivity index (χ4n) is 2.69. The highest BCUT2D eigenvalue weighted by molar-refractivity contribution is 9.10. The highest BCUT2D eigenvalue weighted by Crippen LogP contribution is 2.45. The highest BCUT2D eigenvalue weighted by atomic mass is 79.9. The van der Waals surface area contributed by atoms with Gasteiger partial charge >= 0.3 is 0 Å². The molecular weight excluding hydrogens is 308 g/mol. The summed E-state index contributed by atoms with van der Waals surface area (Å²) in [6.45, 7) is 1.86. The van der Waals surface area contributed by atoms with Gasteiger partial charge in [-0.05, 0) is 47.3 Å². The Balaban J connectivity index is 2.34. The van der Waals surface area contributed by atoms with Crippen LogP contribution in [0.4, 0.5) is 0 Å². The fraction of sp³-hybridized carbons (Fsp3) is 0.600. The average molecular weight is 329 g/mol. The van der Waals surface area contributed by atoms with Gasteiger partial charge in [-0.3, -0.25) is 0 Å². The van der Waals surface area contributed by atoms with Crippen molar-refractivity contribution in [1.29, 1.82) is 0 Å². The third kappa shape index (κ3) is 2.90. The third-order valence-corrected chi connectivity index (χ3v) is 4.73. The van der Waals surface area contributed by atoms with E-state index in [4.69, 9.17) is 9.47 Å². The SMILES string of the molecule is COc1ccc(C(C)(O)CC2CCC2)c(OC)c1Br. The van der Waals surface area contributed by atoms with Crippen LogP contribution >= 0.6 is 15.9 Å². The number of halogens is 1. The molecule has 0 amide bonds. The number of methoxy groups -OCH3 is 2. The number of aliphatic hydroxyl groups is 1. The maximum atomic E-state index is 10.8. The summed E-state index contributed by atoms with van der Waals surface area (Å²) in [5.74, 6) is 1.99. The lowest BCUT2D eigenvalue weighted by atomic mass is 9.75. The summed E-state index contributed by atoms with van der Waals surface area (Å²) in [6, 6.07) is 3.75. The first-order valence-corrected chi connectivity index (χ1v) is 7.42. The molecule has 1 atom stereocenters. The van der Waals surface area contributed by atoms with Crippen LogP contribution in [0.1, 0.15) is 38.2 Å². The summed E-state index contributed by atoms with van der Waals surface area (Å²) in [4.78, 5) is 0. The largest absolute Gasteiger partial charge is 0.495 e. The molecule has 3 nitrogen and oxygen atoms in total. The van der Waals surface area contributed by atoms with Crippen molar-refractivity contribution in [3.8, 4) is 11.5 Å². The molecule has 0 radical (unpaired) electrons. The van der Waals surface area contributed by atoms with Crippen molar-refractivity contribution in [2.75, 3.05) is 14.2 Å². The van der Waals surface area contributed by atoms with Crippen molar-refractivity contribution < 1.29 is 14.6 Å². The van der Waals surface area contributed by atoms with E-state index in [1.54, 1.807) is 14.2 Å². The molecule has 1 N–H and O–H groups in total. The van der Waals surface area contributed by atoms with E-state index in [1.807, 2.05) is 19.1 Å². The van der Waals surface area contributed by atoms with Crippen LogP contribution in [0, 0.1) is 5.92 Å². The second kappa shape index (κ2) is 5.71. The van der Waals surface area contributed by atoms with E-state index in [0.717, 1.165) is 16.5 Å². The van der Waals surface area contributed by atoms with Crippen LogP contribution in [0.5, 0.6) is 11.5 Å². The van der Waals surface area contributed by atoms with Crippen LogP contribution in [0.2, 0.25) is 0 Å². The van der Waals surface area contributed by atoms with E-state index in [0.29, 0.717) is 17.4 Å². The van der Waals surface area contributed by atoms with Crippen LogP contribution < -0.4 is 9.47 Å². The highest BCUT2D eigenvalue weighted by Gasteiger charge is 2.33. The Morgan fingerprint density at radius 1 is 1.32 bits per heavy atom. The van der Waals surface area contributed by atoms with Gasteiger partial charge in [0.1, 0.15) is 16.0 Å². The molecule has 0 bridgehead atoms. The van der Waals surface area contributed by atoms with Crippen LogP contribution in [-0.4, -0.2) is 19.3 Å². The van der Waals surface area contributed by atoms with Crippen molar-refractivity contribution in [2.24, 2.45) is 5.92 Å². The first-order valence-electron chi connectivity index (χ1n) is 6.63. The molecule has 0 aliphatic heterocycles. The van der Waals surface area contributed by atoms with Crippen molar-refractivity contribution in [2.45, 2.75) is 38.2 Å². The van der Waals surface area contributed by atoms with Crippen molar-refractivity contribution >= 4 is 15.9 Å². The van der Waals surface area contributed by atoms with E-state index >= 15 is 0 Å². The Hall–Kier alpha value is -0.740. The lowest BCUT2D eigenvalue weighted by molar-refractivity contribution is 0.0141. The molecule has 106 valence electrons. The molecule has 1 fully saturated rings. The van der Waals surface area contributed by atoms with Gasteiger partial charge in [-0.15, -0.1) is 0 Å². The number of hydrogen-bond acceptors (Lipinski definition) is 3. The quantitative estimate of drug-likeness (QED) is 0.891. The summed E-state index contributed by atoms with van der Waals surface area (Å²) in [5.41, 5.74) is -0.0554. The minimum absolute atomic E-state index is 0.626. The maximum Gasteiger partial charge on any atom is 0.142 e. The molecule has 4 heteroatoms. The maximum absolute atomic E-state index is 10.8. The molecule has 1 aliphatic rings. The zero-order chi connectivity index (χ0) is 14.0. The fourth-order valence-corrected chi connectivity index (χ4v) is 3.36. The second-order valence-corrected chi connectivity index (χ2v) is 6.23. The molecular formula is C15H21BrO3. The number of ether oxygens (including phenoxy) is 2. The minimum atomic E-state index is -0.870. The lowest BCUT2D eigenvalue weighted by Crippen LogP contribution is -2.28. The van der Waals surface area contributed by atoms with Gasteiger partial charge in [0.2, 0.25) is 0 Å². The zero-order valence-electron chi connectivity index (χ0n) is 11.7. The molecule has 0 saturated heterocycles. The summed E-state index contributed by atoms with van der Waals surface area (Å²) >= 11 is 3.48.